The SMILES string of the molecule is O=CNC(CC(=O)O)C(=O)N[C@@H](Cc1ccccc1)C(=O)O. The summed E-state index contributed by atoms with van der Waals surface area (Å²) in [4.78, 5) is 44.2. The largest absolute Gasteiger partial charge is 0.481 e. The Morgan fingerprint density at radius 1 is 1.09 bits per heavy atom. The van der Waals surface area contributed by atoms with Crippen LogP contribution in [0.2, 0.25) is 0 Å². The highest BCUT2D eigenvalue weighted by Gasteiger charge is 2.26. The van der Waals surface area contributed by atoms with Crippen molar-refractivity contribution in [1.82, 2.24) is 10.6 Å². The van der Waals surface area contributed by atoms with Gasteiger partial charge in [0.1, 0.15) is 12.1 Å². The summed E-state index contributed by atoms with van der Waals surface area (Å²) in [5.41, 5.74) is 0.702. The van der Waals surface area contributed by atoms with E-state index in [1.807, 2.05) is 0 Å². The maximum absolute atomic E-state index is 11.9. The maximum atomic E-state index is 11.9. The second-order valence-electron chi connectivity index (χ2n) is 4.52. The number of amides is 2. The number of nitrogens with one attached hydrogen (secondary N) is 2. The van der Waals surface area contributed by atoms with Gasteiger partial charge in [-0.05, 0) is 5.56 Å². The van der Waals surface area contributed by atoms with Gasteiger partial charge in [0, 0.05) is 6.42 Å². The molecule has 22 heavy (non-hydrogen) atoms. The second-order valence-corrected chi connectivity index (χ2v) is 4.52. The molecular formula is C14H16N2O6. The zero-order chi connectivity index (χ0) is 16.5. The number of aliphatic carboxylic acids is 2. The highest BCUT2D eigenvalue weighted by atomic mass is 16.4. The summed E-state index contributed by atoms with van der Waals surface area (Å²) >= 11 is 0. The average molecular weight is 308 g/mol. The van der Waals surface area contributed by atoms with Crippen LogP contribution in [0.1, 0.15) is 12.0 Å². The van der Waals surface area contributed by atoms with Gasteiger partial charge in [-0.15, -0.1) is 0 Å². The van der Waals surface area contributed by atoms with Crippen molar-refractivity contribution >= 4 is 24.3 Å². The lowest BCUT2D eigenvalue weighted by molar-refractivity contribution is -0.143. The van der Waals surface area contributed by atoms with Crippen LogP contribution in [-0.2, 0) is 25.6 Å². The number of carbonyl (C=O) groups is 4. The van der Waals surface area contributed by atoms with E-state index < -0.39 is 36.4 Å². The topological polar surface area (TPSA) is 133 Å². The van der Waals surface area contributed by atoms with Crippen molar-refractivity contribution in [3.05, 3.63) is 35.9 Å². The molecule has 1 aromatic rings. The van der Waals surface area contributed by atoms with Crippen LogP contribution in [0, 0.1) is 0 Å². The molecule has 0 heterocycles. The first-order valence-electron chi connectivity index (χ1n) is 6.42. The zero-order valence-electron chi connectivity index (χ0n) is 11.6. The Labute approximate surface area is 126 Å². The molecule has 1 aromatic carbocycles. The van der Waals surface area contributed by atoms with Gasteiger partial charge in [-0.1, -0.05) is 30.3 Å². The van der Waals surface area contributed by atoms with Crippen LogP contribution in [0.4, 0.5) is 0 Å². The van der Waals surface area contributed by atoms with Crippen LogP contribution in [0.5, 0.6) is 0 Å². The standard InChI is InChI=1S/C14H16N2O6/c17-8-15-10(7-12(18)19)13(20)16-11(14(21)22)6-9-4-2-1-3-5-9/h1-5,8,10-11H,6-7H2,(H,15,17)(H,16,20)(H,18,19)(H,21,22)/t10?,11-/m0/s1. The maximum Gasteiger partial charge on any atom is 0.326 e. The van der Waals surface area contributed by atoms with E-state index in [0.29, 0.717) is 5.56 Å². The van der Waals surface area contributed by atoms with Gasteiger partial charge in [0.25, 0.3) is 0 Å². The molecule has 0 aromatic heterocycles. The minimum absolute atomic E-state index is 0.0444. The van der Waals surface area contributed by atoms with Crippen molar-refractivity contribution in [1.29, 1.82) is 0 Å². The zero-order valence-corrected chi connectivity index (χ0v) is 11.6. The molecule has 4 N–H and O–H groups in total. The number of benzene rings is 1. The van der Waals surface area contributed by atoms with Crippen molar-refractivity contribution < 1.29 is 29.4 Å². The molecule has 0 aliphatic heterocycles. The van der Waals surface area contributed by atoms with Crippen molar-refractivity contribution in [3.63, 3.8) is 0 Å². The van der Waals surface area contributed by atoms with Gasteiger partial charge in [0.2, 0.25) is 12.3 Å². The fraction of sp³-hybridized carbons (Fsp3) is 0.286. The van der Waals surface area contributed by atoms with Crippen molar-refractivity contribution in [2.24, 2.45) is 0 Å². The molecule has 1 rings (SSSR count). The van der Waals surface area contributed by atoms with Crippen LogP contribution < -0.4 is 10.6 Å². The van der Waals surface area contributed by atoms with E-state index in [2.05, 4.69) is 10.6 Å². The summed E-state index contributed by atoms with van der Waals surface area (Å²) in [6, 6.07) is 6.11. The molecule has 2 atom stereocenters. The normalized spacial score (nSPS) is 12.7. The van der Waals surface area contributed by atoms with Gasteiger partial charge in [-0.3, -0.25) is 14.4 Å². The van der Waals surface area contributed by atoms with E-state index in [1.165, 1.54) is 0 Å². The number of rotatable bonds is 9. The van der Waals surface area contributed by atoms with Gasteiger partial charge >= 0.3 is 11.9 Å². The lowest BCUT2D eigenvalue weighted by Crippen LogP contribution is -2.51. The predicted octanol–water partition coefficient (Wildman–Crippen LogP) is -0.612. The van der Waals surface area contributed by atoms with Crippen molar-refractivity contribution in [2.75, 3.05) is 0 Å². The molecule has 1 unspecified atom stereocenters. The first-order valence-corrected chi connectivity index (χ1v) is 6.42. The van der Waals surface area contributed by atoms with Gasteiger partial charge in [0.05, 0.1) is 6.42 Å². The third-order valence-electron chi connectivity index (χ3n) is 2.86. The fourth-order valence-corrected chi connectivity index (χ4v) is 1.81. The molecule has 0 saturated heterocycles. The molecule has 0 aliphatic carbocycles. The van der Waals surface area contributed by atoms with E-state index in [4.69, 9.17) is 10.2 Å². The van der Waals surface area contributed by atoms with E-state index >= 15 is 0 Å². The van der Waals surface area contributed by atoms with Crippen LogP contribution in [0.15, 0.2) is 30.3 Å². The first kappa shape index (κ1) is 17.2. The Morgan fingerprint density at radius 3 is 2.23 bits per heavy atom. The van der Waals surface area contributed by atoms with E-state index in [0.717, 1.165) is 0 Å². The average Bonchev–Trinajstić information content (AvgIpc) is 2.46. The van der Waals surface area contributed by atoms with Gasteiger partial charge in [0.15, 0.2) is 0 Å². The molecule has 0 fully saturated rings. The molecule has 0 radical (unpaired) electrons. The monoisotopic (exact) mass is 308 g/mol. The molecule has 0 spiro atoms. The lowest BCUT2D eigenvalue weighted by Gasteiger charge is -2.19. The summed E-state index contributed by atoms with van der Waals surface area (Å²) in [7, 11) is 0. The van der Waals surface area contributed by atoms with Crippen LogP contribution in [0.25, 0.3) is 0 Å². The molecule has 8 nitrogen and oxygen atoms in total. The third kappa shape index (κ3) is 5.61. The summed E-state index contributed by atoms with van der Waals surface area (Å²) in [5, 5.41) is 22.1. The van der Waals surface area contributed by atoms with Gasteiger partial charge in [-0.25, -0.2) is 4.79 Å². The Morgan fingerprint density at radius 2 is 1.73 bits per heavy atom. The van der Waals surface area contributed by atoms with E-state index in [9.17, 15) is 19.2 Å². The number of hydrogen-bond donors (Lipinski definition) is 4. The Bertz CT molecular complexity index is 546. The molecule has 8 heteroatoms. The minimum atomic E-state index is -1.33. The predicted molar refractivity (Wildman–Crippen MR) is 75.0 cm³/mol. The second kappa shape index (κ2) is 8.40. The summed E-state index contributed by atoms with van der Waals surface area (Å²) < 4.78 is 0. The quantitative estimate of drug-likeness (QED) is 0.450. The van der Waals surface area contributed by atoms with Gasteiger partial charge in [-0.2, -0.15) is 0 Å². The Kier molecular flexibility index (Phi) is 6.55. The molecular weight excluding hydrogens is 292 g/mol. The first-order chi connectivity index (χ1) is 10.4. The van der Waals surface area contributed by atoms with Crippen molar-refractivity contribution in [3.8, 4) is 0 Å². The highest BCUT2D eigenvalue weighted by molar-refractivity contribution is 5.90. The van der Waals surface area contributed by atoms with E-state index in [-0.39, 0.29) is 12.8 Å². The number of carboxylic acids is 2. The Balaban J connectivity index is 2.76. The molecule has 0 saturated carbocycles. The number of hydrogen-bond acceptors (Lipinski definition) is 4. The number of carbonyl (C=O) groups excluding carboxylic acids is 2. The molecule has 0 bridgehead atoms. The summed E-state index contributed by atoms with van der Waals surface area (Å²) in [6.07, 6.45) is -0.398. The van der Waals surface area contributed by atoms with Crippen molar-refractivity contribution in [2.45, 2.75) is 24.9 Å². The molecule has 0 aliphatic rings. The number of carboxylic acid groups (broad SMARTS) is 2. The van der Waals surface area contributed by atoms with E-state index in [1.54, 1.807) is 30.3 Å². The summed E-state index contributed by atoms with van der Waals surface area (Å²) in [5.74, 6) is -3.40. The minimum Gasteiger partial charge on any atom is -0.481 e. The van der Waals surface area contributed by atoms with Crippen LogP contribution >= 0.6 is 0 Å². The fourth-order valence-electron chi connectivity index (χ4n) is 1.81. The lowest BCUT2D eigenvalue weighted by atomic mass is 10.1. The molecule has 2 amide bonds. The smallest absolute Gasteiger partial charge is 0.326 e. The summed E-state index contributed by atoms with van der Waals surface area (Å²) in [6.45, 7) is 0. The van der Waals surface area contributed by atoms with Crippen LogP contribution in [-0.4, -0.2) is 46.6 Å². The highest BCUT2D eigenvalue weighted by Crippen LogP contribution is 2.04. The Hall–Kier alpha value is -2.90. The molecule has 118 valence electrons. The third-order valence-corrected chi connectivity index (χ3v) is 2.86. The van der Waals surface area contributed by atoms with Crippen LogP contribution in [0.3, 0.4) is 0 Å². The van der Waals surface area contributed by atoms with Gasteiger partial charge < -0.3 is 20.8 Å².